The smallest absolute Gasteiger partial charge is 0.254 e. The Labute approximate surface area is 116 Å². The molecule has 1 fully saturated rings. The summed E-state index contributed by atoms with van der Waals surface area (Å²) in [6.07, 6.45) is 1.55. The van der Waals surface area contributed by atoms with Gasteiger partial charge in [-0.25, -0.2) is 0 Å². The summed E-state index contributed by atoms with van der Waals surface area (Å²) in [6, 6.07) is 1.74. The molecule has 1 aliphatic heterocycles. The summed E-state index contributed by atoms with van der Waals surface area (Å²) in [5, 5.41) is 20.4. The lowest BCUT2D eigenvalue weighted by molar-refractivity contribution is -0.0107. The molecule has 0 aromatic carbocycles. The third-order valence-corrected chi connectivity index (χ3v) is 3.94. The third kappa shape index (κ3) is 3.57. The highest BCUT2D eigenvalue weighted by Crippen LogP contribution is 2.23. The number of nitrogens with zero attached hydrogens (tertiary/aromatic N) is 1. The molecular formula is C14H17NO3S. The van der Waals surface area contributed by atoms with Crippen molar-refractivity contribution in [2.45, 2.75) is 25.4 Å². The third-order valence-electron chi connectivity index (χ3n) is 3.10. The molecule has 0 bridgehead atoms. The molecule has 1 aromatic rings. The van der Waals surface area contributed by atoms with Crippen LogP contribution in [0.4, 0.5) is 0 Å². The Morgan fingerprint density at radius 2 is 2.42 bits per heavy atom. The zero-order valence-electron chi connectivity index (χ0n) is 10.8. The minimum Gasteiger partial charge on any atom is -0.388 e. The second-order valence-corrected chi connectivity index (χ2v) is 5.90. The maximum Gasteiger partial charge on any atom is 0.254 e. The van der Waals surface area contributed by atoms with Crippen LogP contribution in [0.1, 0.15) is 35.0 Å². The Morgan fingerprint density at radius 1 is 1.63 bits per heavy atom. The molecule has 1 saturated heterocycles. The fourth-order valence-electron chi connectivity index (χ4n) is 2.22. The quantitative estimate of drug-likeness (QED) is 0.756. The van der Waals surface area contributed by atoms with Gasteiger partial charge in [-0.3, -0.25) is 4.79 Å². The Balaban J connectivity index is 2.09. The predicted octanol–water partition coefficient (Wildman–Crippen LogP) is 1.08. The highest BCUT2D eigenvalue weighted by Gasteiger charge is 2.31. The average molecular weight is 279 g/mol. The van der Waals surface area contributed by atoms with Gasteiger partial charge in [0, 0.05) is 18.5 Å². The van der Waals surface area contributed by atoms with Crippen LogP contribution in [-0.2, 0) is 0 Å². The number of carbonyl (C=O) groups excluding carboxylic acids is 1. The van der Waals surface area contributed by atoms with Crippen LogP contribution in [0.3, 0.4) is 0 Å². The number of thiophene rings is 1. The largest absolute Gasteiger partial charge is 0.388 e. The second kappa shape index (κ2) is 5.74. The van der Waals surface area contributed by atoms with Crippen LogP contribution in [-0.4, -0.2) is 46.3 Å². The van der Waals surface area contributed by atoms with Crippen molar-refractivity contribution < 1.29 is 15.0 Å². The normalized spacial score (nSPS) is 22.8. The van der Waals surface area contributed by atoms with Gasteiger partial charge >= 0.3 is 0 Å². The Hall–Kier alpha value is -1.35. The van der Waals surface area contributed by atoms with Gasteiger partial charge in [-0.1, -0.05) is 11.8 Å². The summed E-state index contributed by atoms with van der Waals surface area (Å²) in [7, 11) is 0. The highest BCUT2D eigenvalue weighted by atomic mass is 32.1. The van der Waals surface area contributed by atoms with Crippen LogP contribution < -0.4 is 0 Å². The molecule has 2 rings (SSSR count). The molecule has 1 aliphatic rings. The van der Waals surface area contributed by atoms with Crippen molar-refractivity contribution in [3.05, 3.63) is 21.9 Å². The van der Waals surface area contributed by atoms with Crippen LogP contribution in [0.25, 0.3) is 0 Å². The summed E-state index contributed by atoms with van der Waals surface area (Å²) in [4.78, 5) is 14.8. The zero-order chi connectivity index (χ0) is 13.9. The molecule has 1 atom stereocenters. The maximum absolute atomic E-state index is 12.3. The Kier molecular flexibility index (Phi) is 4.25. The predicted molar refractivity (Wildman–Crippen MR) is 74.0 cm³/mol. The van der Waals surface area contributed by atoms with E-state index in [4.69, 9.17) is 5.11 Å². The molecule has 1 aromatic heterocycles. The van der Waals surface area contributed by atoms with Crippen molar-refractivity contribution >= 4 is 17.2 Å². The van der Waals surface area contributed by atoms with Crippen LogP contribution in [0, 0.1) is 11.8 Å². The summed E-state index contributed by atoms with van der Waals surface area (Å²) in [5.41, 5.74) is -0.186. The number of hydrogen-bond acceptors (Lipinski definition) is 4. The fourth-order valence-corrected chi connectivity index (χ4v) is 2.97. The molecule has 1 unspecified atom stereocenters. The fraction of sp³-hybridized carbons (Fsp3) is 0.500. The summed E-state index contributed by atoms with van der Waals surface area (Å²) >= 11 is 1.39. The maximum atomic E-state index is 12.3. The number of aliphatic hydroxyl groups is 2. The van der Waals surface area contributed by atoms with E-state index in [0.717, 1.165) is 17.7 Å². The Bertz CT molecular complexity index is 524. The molecule has 0 aliphatic carbocycles. The standard InChI is InChI=1S/C14H17NO3S/c1-14(18)5-3-6-15(10-14)13(17)11-8-12(19-9-11)4-2-7-16/h8-9,16,18H,3,5-7,10H2,1H3. The molecule has 5 heteroatoms. The first-order valence-electron chi connectivity index (χ1n) is 6.22. The van der Waals surface area contributed by atoms with Gasteiger partial charge in [-0.05, 0) is 25.8 Å². The van der Waals surface area contributed by atoms with Crippen LogP contribution in [0.2, 0.25) is 0 Å². The van der Waals surface area contributed by atoms with E-state index in [1.165, 1.54) is 11.3 Å². The highest BCUT2D eigenvalue weighted by molar-refractivity contribution is 7.10. The molecule has 19 heavy (non-hydrogen) atoms. The van der Waals surface area contributed by atoms with E-state index in [1.807, 2.05) is 0 Å². The van der Waals surface area contributed by atoms with Crippen molar-refractivity contribution in [1.29, 1.82) is 0 Å². The number of amides is 1. The zero-order valence-corrected chi connectivity index (χ0v) is 11.7. The number of carbonyl (C=O) groups is 1. The lowest BCUT2D eigenvalue weighted by Crippen LogP contribution is -2.48. The molecule has 0 saturated carbocycles. The van der Waals surface area contributed by atoms with Gasteiger partial charge in [0.1, 0.15) is 6.61 Å². The second-order valence-electron chi connectivity index (χ2n) is 4.99. The van der Waals surface area contributed by atoms with Gasteiger partial charge in [0.05, 0.1) is 16.0 Å². The lowest BCUT2D eigenvalue weighted by Gasteiger charge is -2.36. The van der Waals surface area contributed by atoms with Crippen molar-refractivity contribution in [1.82, 2.24) is 4.90 Å². The van der Waals surface area contributed by atoms with Crippen molar-refractivity contribution in [3.63, 3.8) is 0 Å². The number of β-amino-alcohol motifs (C(OH)–C–C–N with tert-alkyl or cyclic N) is 1. The molecule has 102 valence electrons. The van der Waals surface area contributed by atoms with E-state index < -0.39 is 5.60 Å². The molecule has 0 radical (unpaired) electrons. The molecular weight excluding hydrogens is 262 g/mol. The van der Waals surface area contributed by atoms with Gasteiger partial charge in [-0.2, -0.15) is 0 Å². The minimum atomic E-state index is -0.788. The van der Waals surface area contributed by atoms with Gasteiger partial charge in [0.2, 0.25) is 0 Å². The summed E-state index contributed by atoms with van der Waals surface area (Å²) in [5.74, 6) is 5.29. The molecule has 2 N–H and O–H groups in total. The van der Waals surface area contributed by atoms with E-state index in [1.54, 1.807) is 23.3 Å². The van der Waals surface area contributed by atoms with Crippen LogP contribution >= 0.6 is 11.3 Å². The first kappa shape index (κ1) is 14.1. The average Bonchev–Trinajstić information content (AvgIpc) is 2.83. The molecule has 4 nitrogen and oxygen atoms in total. The first-order chi connectivity index (χ1) is 9.02. The van der Waals surface area contributed by atoms with E-state index >= 15 is 0 Å². The SMILES string of the molecule is CC1(O)CCCN(C(=O)c2csc(C#CCO)c2)C1. The van der Waals surface area contributed by atoms with E-state index in [0.29, 0.717) is 18.7 Å². The van der Waals surface area contributed by atoms with Crippen molar-refractivity contribution in [2.24, 2.45) is 0 Å². The van der Waals surface area contributed by atoms with Crippen LogP contribution in [0.15, 0.2) is 11.4 Å². The van der Waals surface area contributed by atoms with Crippen LogP contribution in [0.5, 0.6) is 0 Å². The molecule has 0 spiro atoms. The van der Waals surface area contributed by atoms with E-state index in [9.17, 15) is 9.90 Å². The van der Waals surface area contributed by atoms with Gasteiger partial charge in [0.25, 0.3) is 5.91 Å². The topological polar surface area (TPSA) is 60.8 Å². The number of likely N-dealkylation sites (tertiary alicyclic amines) is 1. The first-order valence-corrected chi connectivity index (χ1v) is 7.10. The number of hydrogen-bond donors (Lipinski definition) is 2. The molecule has 2 heterocycles. The van der Waals surface area contributed by atoms with E-state index in [2.05, 4.69) is 11.8 Å². The minimum absolute atomic E-state index is 0.0618. The lowest BCUT2D eigenvalue weighted by atomic mass is 9.95. The number of aliphatic hydroxyl groups excluding tert-OH is 1. The summed E-state index contributed by atoms with van der Waals surface area (Å²) < 4.78 is 0. The van der Waals surface area contributed by atoms with Crippen molar-refractivity contribution in [3.8, 4) is 11.8 Å². The number of piperidine rings is 1. The summed E-state index contributed by atoms with van der Waals surface area (Å²) in [6.45, 7) is 2.64. The van der Waals surface area contributed by atoms with Gasteiger partial charge in [0.15, 0.2) is 0 Å². The van der Waals surface area contributed by atoms with Crippen molar-refractivity contribution in [2.75, 3.05) is 19.7 Å². The Morgan fingerprint density at radius 3 is 3.11 bits per heavy atom. The number of rotatable bonds is 1. The van der Waals surface area contributed by atoms with E-state index in [-0.39, 0.29) is 12.5 Å². The molecule has 1 amide bonds. The monoisotopic (exact) mass is 279 g/mol. The van der Waals surface area contributed by atoms with Gasteiger partial charge in [-0.15, -0.1) is 11.3 Å². The van der Waals surface area contributed by atoms with Gasteiger partial charge < -0.3 is 15.1 Å².